The monoisotopic (exact) mass is 396 g/mol. The number of nitrogens with one attached hydrogen (secondary N) is 1. The van der Waals surface area contributed by atoms with Gasteiger partial charge in [0.05, 0.1) is 11.4 Å². The number of hydrogen-bond donors (Lipinski definition) is 1. The van der Waals surface area contributed by atoms with Crippen LogP contribution in [0, 0.1) is 6.92 Å². The van der Waals surface area contributed by atoms with E-state index in [1.165, 1.54) is 12.1 Å². The van der Waals surface area contributed by atoms with Gasteiger partial charge in [0.2, 0.25) is 5.91 Å². The third kappa shape index (κ3) is 5.40. The molecule has 0 unspecified atom stereocenters. The van der Waals surface area contributed by atoms with Crippen LogP contribution in [0.25, 0.3) is 11.1 Å². The Morgan fingerprint density at radius 3 is 2.78 bits per heavy atom. The number of rotatable bonds is 6. The molecule has 1 N–H and O–H groups in total. The molecule has 1 aromatic heterocycles. The average molecular weight is 396 g/mol. The van der Waals surface area contributed by atoms with Gasteiger partial charge in [0.1, 0.15) is 11.3 Å². The summed E-state index contributed by atoms with van der Waals surface area (Å²) in [7, 11) is 0. The molecule has 1 amide bonds. The number of ether oxygens (including phenoxy) is 1. The molecule has 0 bridgehead atoms. The van der Waals surface area contributed by atoms with Crippen molar-refractivity contribution in [3.63, 3.8) is 0 Å². The van der Waals surface area contributed by atoms with Gasteiger partial charge in [-0.15, -0.1) is 0 Å². The lowest BCUT2D eigenvalue weighted by Crippen LogP contribution is -2.21. The quantitative estimate of drug-likeness (QED) is 0.606. The Hall–Kier alpha value is -2.68. The van der Waals surface area contributed by atoms with E-state index >= 15 is 0 Å². The lowest BCUT2D eigenvalue weighted by Gasteiger charge is -2.14. The zero-order valence-corrected chi connectivity index (χ0v) is 15.0. The number of anilines is 1. The normalized spacial score (nSPS) is 11.6. The number of alkyl halides is 3. The Balaban J connectivity index is 1.63. The number of thioether (sulfide) groups is 1. The smallest absolute Gasteiger partial charge is 0.422 e. The van der Waals surface area contributed by atoms with Gasteiger partial charge in [0, 0.05) is 0 Å². The summed E-state index contributed by atoms with van der Waals surface area (Å²) in [6, 6.07) is 11.8. The highest BCUT2D eigenvalue weighted by molar-refractivity contribution is 7.99. The van der Waals surface area contributed by atoms with Crippen LogP contribution in [0.4, 0.5) is 18.9 Å². The molecule has 27 heavy (non-hydrogen) atoms. The van der Waals surface area contributed by atoms with Crippen LogP contribution < -0.4 is 10.1 Å². The molecule has 142 valence electrons. The summed E-state index contributed by atoms with van der Waals surface area (Å²) >= 11 is 1.09. The van der Waals surface area contributed by atoms with Crippen molar-refractivity contribution >= 4 is 34.5 Å². The second-order valence-corrected chi connectivity index (χ2v) is 6.61. The second-order valence-electron chi connectivity index (χ2n) is 5.69. The van der Waals surface area contributed by atoms with Gasteiger partial charge in [0.15, 0.2) is 12.2 Å². The molecule has 2 aromatic carbocycles. The predicted molar refractivity (Wildman–Crippen MR) is 96.1 cm³/mol. The second kappa shape index (κ2) is 7.91. The van der Waals surface area contributed by atoms with Crippen molar-refractivity contribution in [3.05, 3.63) is 48.0 Å². The number of para-hydroxylation sites is 2. The number of amides is 1. The largest absolute Gasteiger partial charge is 0.482 e. The number of nitrogens with zero attached hydrogens (tertiary/aromatic N) is 1. The lowest BCUT2D eigenvalue weighted by molar-refractivity contribution is -0.153. The van der Waals surface area contributed by atoms with E-state index in [-0.39, 0.29) is 17.2 Å². The molecule has 0 aliphatic heterocycles. The zero-order chi connectivity index (χ0) is 19.4. The minimum Gasteiger partial charge on any atom is -0.482 e. The molecule has 9 heteroatoms. The highest BCUT2D eigenvalue weighted by Gasteiger charge is 2.29. The molecule has 0 aliphatic rings. The van der Waals surface area contributed by atoms with Crippen molar-refractivity contribution in [2.45, 2.75) is 18.3 Å². The van der Waals surface area contributed by atoms with Gasteiger partial charge < -0.3 is 14.5 Å². The number of carbonyl (C=O) groups excluding carboxylic acids is 1. The number of aryl methyl sites for hydroxylation is 1. The first kappa shape index (κ1) is 19.1. The van der Waals surface area contributed by atoms with Crippen LogP contribution in [0.3, 0.4) is 0 Å². The first-order valence-corrected chi connectivity index (χ1v) is 8.87. The zero-order valence-electron chi connectivity index (χ0n) is 14.2. The Morgan fingerprint density at radius 2 is 2.04 bits per heavy atom. The Kier molecular flexibility index (Phi) is 5.59. The number of halogens is 3. The molecule has 3 aromatic rings. The molecular formula is C18H15F3N2O3S. The van der Waals surface area contributed by atoms with E-state index in [1.54, 1.807) is 25.1 Å². The number of hydrogen-bond acceptors (Lipinski definition) is 5. The first-order chi connectivity index (χ1) is 12.8. The minimum absolute atomic E-state index is 0.0145. The molecule has 0 aliphatic carbocycles. The fourth-order valence-electron chi connectivity index (χ4n) is 2.24. The first-order valence-electron chi connectivity index (χ1n) is 7.88. The van der Waals surface area contributed by atoms with Crippen molar-refractivity contribution in [1.82, 2.24) is 4.98 Å². The van der Waals surface area contributed by atoms with Gasteiger partial charge in [0.25, 0.3) is 5.22 Å². The maximum Gasteiger partial charge on any atom is 0.422 e. The molecular weight excluding hydrogens is 381 g/mol. The number of benzene rings is 2. The fraction of sp³-hybridized carbons (Fsp3) is 0.222. The number of fused-ring (bicyclic) bond motifs is 1. The van der Waals surface area contributed by atoms with E-state index in [9.17, 15) is 18.0 Å². The van der Waals surface area contributed by atoms with E-state index in [2.05, 4.69) is 10.3 Å². The van der Waals surface area contributed by atoms with Crippen LogP contribution in [-0.2, 0) is 4.79 Å². The molecule has 0 spiro atoms. The molecule has 0 saturated heterocycles. The van der Waals surface area contributed by atoms with Crippen LogP contribution in [-0.4, -0.2) is 29.4 Å². The Bertz CT molecular complexity index is 923. The third-order valence-corrected chi connectivity index (χ3v) is 4.23. The summed E-state index contributed by atoms with van der Waals surface area (Å²) in [5.74, 6) is -0.463. The van der Waals surface area contributed by atoms with Crippen LogP contribution >= 0.6 is 11.8 Å². The van der Waals surface area contributed by atoms with E-state index in [4.69, 9.17) is 9.15 Å². The fourth-order valence-corrected chi connectivity index (χ4v) is 2.88. The van der Waals surface area contributed by atoms with Gasteiger partial charge in [-0.05, 0) is 36.8 Å². The predicted octanol–water partition coefficient (Wildman–Crippen LogP) is 4.81. The summed E-state index contributed by atoms with van der Waals surface area (Å²) in [6.45, 7) is 0.284. The molecule has 0 atom stereocenters. The molecule has 0 radical (unpaired) electrons. The van der Waals surface area contributed by atoms with E-state index in [0.717, 1.165) is 11.8 Å². The summed E-state index contributed by atoms with van der Waals surface area (Å²) < 4.78 is 47.5. The van der Waals surface area contributed by atoms with Crippen LogP contribution in [0.1, 0.15) is 5.56 Å². The molecule has 5 nitrogen and oxygen atoms in total. The van der Waals surface area contributed by atoms with Crippen molar-refractivity contribution < 1.29 is 27.1 Å². The van der Waals surface area contributed by atoms with Crippen molar-refractivity contribution in [2.75, 3.05) is 17.7 Å². The van der Waals surface area contributed by atoms with Crippen molar-refractivity contribution in [3.8, 4) is 5.75 Å². The average Bonchev–Trinajstić information content (AvgIpc) is 3.02. The van der Waals surface area contributed by atoms with Crippen molar-refractivity contribution in [2.24, 2.45) is 0 Å². The Morgan fingerprint density at radius 1 is 1.26 bits per heavy atom. The van der Waals surface area contributed by atoms with Gasteiger partial charge in [-0.3, -0.25) is 4.79 Å². The van der Waals surface area contributed by atoms with E-state index < -0.39 is 18.7 Å². The lowest BCUT2D eigenvalue weighted by atomic mass is 10.2. The maximum atomic E-state index is 12.4. The third-order valence-electron chi connectivity index (χ3n) is 3.40. The van der Waals surface area contributed by atoms with E-state index in [0.29, 0.717) is 21.9 Å². The van der Waals surface area contributed by atoms with Gasteiger partial charge in [-0.1, -0.05) is 30.0 Å². The van der Waals surface area contributed by atoms with Crippen molar-refractivity contribution in [1.29, 1.82) is 0 Å². The topological polar surface area (TPSA) is 64.4 Å². The minimum atomic E-state index is -4.46. The van der Waals surface area contributed by atoms with Crippen LogP contribution in [0.2, 0.25) is 0 Å². The standard InChI is InChI=1S/C18H15F3N2O3S/c1-11-6-7-13(15(8-11)25-10-18(19,20)21)22-16(24)9-27-17-23-12-4-2-3-5-14(12)26-17/h2-8H,9-10H2,1H3,(H,22,24). The highest BCUT2D eigenvalue weighted by Crippen LogP contribution is 2.29. The highest BCUT2D eigenvalue weighted by atomic mass is 32.2. The maximum absolute atomic E-state index is 12.4. The molecule has 0 fully saturated rings. The van der Waals surface area contributed by atoms with Gasteiger partial charge >= 0.3 is 6.18 Å². The number of oxazole rings is 1. The van der Waals surface area contributed by atoms with Crippen LogP contribution in [0.5, 0.6) is 5.75 Å². The summed E-state index contributed by atoms with van der Waals surface area (Å²) in [5.41, 5.74) is 2.18. The van der Waals surface area contributed by atoms with Crippen LogP contribution in [0.15, 0.2) is 52.1 Å². The van der Waals surface area contributed by atoms with E-state index in [1.807, 2.05) is 12.1 Å². The SMILES string of the molecule is Cc1ccc(NC(=O)CSc2nc3ccccc3o2)c(OCC(F)(F)F)c1. The molecule has 1 heterocycles. The summed E-state index contributed by atoms with van der Waals surface area (Å²) in [6.07, 6.45) is -4.46. The molecule has 0 saturated carbocycles. The Labute approximate surface area is 156 Å². The molecule has 3 rings (SSSR count). The van der Waals surface area contributed by atoms with Gasteiger partial charge in [-0.25, -0.2) is 4.98 Å². The summed E-state index contributed by atoms with van der Waals surface area (Å²) in [4.78, 5) is 16.4. The van der Waals surface area contributed by atoms with Gasteiger partial charge in [-0.2, -0.15) is 13.2 Å². The summed E-state index contributed by atoms with van der Waals surface area (Å²) in [5, 5.41) is 2.89. The number of aromatic nitrogens is 1. The number of carbonyl (C=O) groups is 1.